The monoisotopic (exact) mass is 299 g/mol. The van der Waals surface area contributed by atoms with E-state index in [0.717, 1.165) is 24.6 Å². The number of hydrogen-bond donors (Lipinski definition) is 2. The molecule has 1 heterocycles. The van der Waals surface area contributed by atoms with Gasteiger partial charge in [0.2, 0.25) is 0 Å². The quantitative estimate of drug-likeness (QED) is 0.765. The molecule has 2 rings (SSSR count). The maximum atomic E-state index is 11.3. The zero-order chi connectivity index (χ0) is 15.9. The van der Waals surface area contributed by atoms with Crippen LogP contribution in [0.4, 0.5) is 17.3 Å². The van der Waals surface area contributed by atoms with Crippen LogP contribution in [0.25, 0.3) is 0 Å². The average Bonchev–Trinajstić information content (AvgIpc) is 2.48. The van der Waals surface area contributed by atoms with Crippen LogP contribution in [0, 0.1) is 0 Å². The summed E-state index contributed by atoms with van der Waals surface area (Å²) in [5, 5.41) is 6.45. The number of likely N-dealkylation sites (N-methyl/N-ethyl adjacent to an activating group) is 1. The third-order valence-corrected chi connectivity index (χ3v) is 3.10. The van der Waals surface area contributed by atoms with E-state index in [1.165, 1.54) is 6.33 Å². The Bertz CT molecular complexity index is 625. The molecule has 1 aromatic carbocycles. The predicted octanol–water partition coefficient (Wildman–Crippen LogP) is 2.40. The number of rotatable bonds is 7. The first-order chi connectivity index (χ1) is 10.5. The van der Waals surface area contributed by atoms with Crippen LogP contribution in [-0.2, 0) is 0 Å². The van der Waals surface area contributed by atoms with E-state index < -0.39 is 0 Å². The van der Waals surface area contributed by atoms with Gasteiger partial charge in [0.25, 0.3) is 0 Å². The standard InChI is InChI=1S/C16H21N5O/c1-12(22)13-4-6-14(7-5-13)20-16-10-15(18-11-19-16)17-8-9-21(2)3/h4-7,10-11H,8-9H2,1-3H3,(H2,17,18,19,20). The summed E-state index contributed by atoms with van der Waals surface area (Å²) in [6, 6.07) is 9.16. The van der Waals surface area contributed by atoms with Crippen molar-refractivity contribution in [2.75, 3.05) is 37.8 Å². The largest absolute Gasteiger partial charge is 0.369 e. The van der Waals surface area contributed by atoms with Gasteiger partial charge in [0.15, 0.2) is 5.78 Å². The molecule has 22 heavy (non-hydrogen) atoms. The van der Waals surface area contributed by atoms with Crippen LogP contribution in [0.1, 0.15) is 17.3 Å². The van der Waals surface area contributed by atoms with Crippen LogP contribution in [0.2, 0.25) is 0 Å². The van der Waals surface area contributed by atoms with E-state index >= 15 is 0 Å². The molecule has 0 aliphatic carbocycles. The van der Waals surface area contributed by atoms with E-state index in [9.17, 15) is 4.79 Å². The van der Waals surface area contributed by atoms with E-state index in [2.05, 4.69) is 25.5 Å². The minimum atomic E-state index is 0.0564. The number of nitrogens with one attached hydrogen (secondary N) is 2. The van der Waals surface area contributed by atoms with Crippen LogP contribution in [-0.4, -0.2) is 47.8 Å². The topological polar surface area (TPSA) is 70.2 Å². The van der Waals surface area contributed by atoms with E-state index in [4.69, 9.17) is 0 Å². The highest BCUT2D eigenvalue weighted by atomic mass is 16.1. The van der Waals surface area contributed by atoms with E-state index in [0.29, 0.717) is 11.4 Å². The molecule has 0 unspecified atom stereocenters. The molecule has 0 aliphatic rings. The molecule has 0 radical (unpaired) electrons. The van der Waals surface area contributed by atoms with Gasteiger partial charge in [-0.1, -0.05) is 0 Å². The fourth-order valence-electron chi connectivity index (χ4n) is 1.87. The molecule has 6 nitrogen and oxygen atoms in total. The van der Waals surface area contributed by atoms with Gasteiger partial charge in [-0.2, -0.15) is 0 Å². The smallest absolute Gasteiger partial charge is 0.159 e. The molecule has 0 amide bonds. The minimum Gasteiger partial charge on any atom is -0.369 e. The van der Waals surface area contributed by atoms with Crippen LogP contribution < -0.4 is 10.6 Å². The van der Waals surface area contributed by atoms with Crippen molar-refractivity contribution in [3.63, 3.8) is 0 Å². The van der Waals surface area contributed by atoms with Crippen molar-refractivity contribution in [2.24, 2.45) is 0 Å². The highest BCUT2D eigenvalue weighted by Gasteiger charge is 2.02. The van der Waals surface area contributed by atoms with Crippen molar-refractivity contribution in [3.8, 4) is 0 Å². The van der Waals surface area contributed by atoms with Crippen molar-refractivity contribution >= 4 is 23.1 Å². The van der Waals surface area contributed by atoms with Crippen LogP contribution in [0.3, 0.4) is 0 Å². The molecule has 0 atom stereocenters. The Morgan fingerprint density at radius 1 is 1.14 bits per heavy atom. The van der Waals surface area contributed by atoms with Crippen molar-refractivity contribution in [2.45, 2.75) is 6.92 Å². The fourth-order valence-corrected chi connectivity index (χ4v) is 1.87. The second kappa shape index (κ2) is 7.51. The number of carbonyl (C=O) groups excluding carboxylic acids is 1. The number of nitrogens with zero attached hydrogens (tertiary/aromatic N) is 3. The number of carbonyl (C=O) groups is 1. The van der Waals surface area contributed by atoms with Crippen molar-refractivity contribution < 1.29 is 4.79 Å². The Morgan fingerprint density at radius 3 is 2.45 bits per heavy atom. The normalized spacial score (nSPS) is 10.5. The molecule has 6 heteroatoms. The maximum Gasteiger partial charge on any atom is 0.159 e. The summed E-state index contributed by atoms with van der Waals surface area (Å²) in [6.07, 6.45) is 1.52. The molecule has 0 fully saturated rings. The Kier molecular flexibility index (Phi) is 5.43. The molecule has 2 aromatic rings. The number of anilines is 3. The highest BCUT2D eigenvalue weighted by molar-refractivity contribution is 5.94. The minimum absolute atomic E-state index is 0.0564. The third-order valence-electron chi connectivity index (χ3n) is 3.10. The number of aromatic nitrogens is 2. The summed E-state index contributed by atoms with van der Waals surface area (Å²) in [7, 11) is 4.05. The SMILES string of the molecule is CC(=O)c1ccc(Nc2cc(NCCN(C)C)ncn2)cc1. The zero-order valence-corrected chi connectivity index (χ0v) is 13.1. The molecule has 116 valence electrons. The van der Waals surface area contributed by atoms with Crippen LogP contribution in [0.15, 0.2) is 36.7 Å². The van der Waals surface area contributed by atoms with E-state index in [-0.39, 0.29) is 5.78 Å². The van der Waals surface area contributed by atoms with Gasteiger partial charge in [-0.05, 0) is 45.3 Å². The summed E-state index contributed by atoms with van der Waals surface area (Å²) in [5.74, 6) is 1.54. The number of hydrogen-bond acceptors (Lipinski definition) is 6. The number of ketones is 1. The lowest BCUT2D eigenvalue weighted by molar-refractivity contribution is 0.101. The van der Waals surface area contributed by atoms with Gasteiger partial charge in [-0.15, -0.1) is 0 Å². The Balaban J connectivity index is 1.99. The average molecular weight is 299 g/mol. The molecular formula is C16H21N5O. The van der Waals surface area contributed by atoms with Crippen molar-refractivity contribution in [3.05, 3.63) is 42.2 Å². The van der Waals surface area contributed by atoms with Gasteiger partial charge in [-0.25, -0.2) is 9.97 Å². The second-order valence-corrected chi connectivity index (χ2v) is 5.28. The van der Waals surface area contributed by atoms with Crippen molar-refractivity contribution in [1.29, 1.82) is 0 Å². The molecule has 1 aromatic heterocycles. The summed E-state index contributed by atoms with van der Waals surface area (Å²) in [4.78, 5) is 21.7. The first-order valence-electron chi connectivity index (χ1n) is 7.13. The fraction of sp³-hybridized carbons (Fsp3) is 0.312. The molecule has 0 spiro atoms. The van der Waals surface area contributed by atoms with Gasteiger partial charge in [0.1, 0.15) is 18.0 Å². The highest BCUT2D eigenvalue weighted by Crippen LogP contribution is 2.17. The maximum absolute atomic E-state index is 11.3. The van der Waals surface area contributed by atoms with Gasteiger partial charge < -0.3 is 15.5 Å². The zero-order valence-electron chi connectivity index (χ0n) is 13.1. The van der Waals surface area contributed by atoms with Gasteiger partial charge >= 0.3 is 0 Å². The van der Waals surface area contributed by atoms with E-state index in [1.54, 1.807) is 19.1 Å². The van der Waals surface area contributed by atoms with Crippen molar-refractivity contribution in [1.82, 2.24) is 14.9 Å². The Labute approximate surface area is 130 Å². The lowest BCUT2D eigenvalue weighted by Gasteiger charge is -2.11. The number of benzene rings is 1. The summed E-state index contributed by atoms with van der Waals surface area (Å²) in [6.45, 7) is 3.30. The molecule has 0 bridgehead atoms. The summed E-state index contributed by atoms with van der Waals surface area (Å²) < 4.78 is 0. The third kappa shape index (κ3) is 4.82. The molecule has 0 saturated heterocycles. The summed E-state index contributed by atoms with van der Waals surface area (Å²) >= 11 is 0. The molecular weight excluding hydrogens is 278 g/mol. The Morgan fingerprint density at radius 2 is 1.82 bits per heavy atom. The first kappa shape index (κ1) is 15.9. The van der Waals surface area contributed by atoms with Crippen LogP contribution in [0.5, 0.6) is 0 Å². The van der Waals surface area contributed by atoms with Crippen LogP contribution >= 0.6 is 0 Å². The predicted molar refractivity (Wildman–Crippen MR) is 88.8 cm³/mol. The molecule has 2 N–H and O–H groups in total. The second-order valence-electron chi connectivity index (χ2n) is 5.28. The van der Waals surface area contributed by atoms with E-state index in [1.807, 2.05) is 32.3 Å². The molecule has 0 saturated carbocycles. The summed E-state index contributed by atoms with van der Waals surface area (Å²) in [5.41, 5.74) is 1.57. The first-order valence-corrected chi connectivity index (χ1v) is 7.13. The molecule has 0 aliphatic heterocycles. The van der Waals surface area contributed by atoms with Gasteiger partial charge in [-0.3, -0.25) is 4.79 Å². The number of Topliss-reactive ketones (excluding diaryl/α,β-unsaturated/α-hetero) is 1. The van der Waals surface area contributed by atoms with Gasteiger partial charge in [0, 0.05) is 30.4 Å². The lowest BCUT2D eigenvalue weighted by atomic mass is 10.1. The lowest BCUT2D eigenvalue weighted by Crippen LogP contribution is -2.21. The Hall–Kier alpha value is -2.47. The van der Waals surface area contributed by atoms with Gasteiger partial charge in [0.05, 0.1) is 0 Å².